The molecule has 3 heteroatoms. The molecule has 1 aliphatic carbocycles. The molecule has 0 aromatic rings. The van der Waals surface area contributed by atoms with Crippen LogP contribution in [0.15, 0.2) is 0 Å². The average molecular weight is 198 g/mol. The van der Waals surface area contributed by atoms with Crippen LogP contribution < -0.4 is 5.73 Å². The van der Waals surface area contributed by atoms with Crippen molar-refractivity contribution in [3.63, 3.8) is 0 Å². The molecule has 0 aromatic heterocycles. The van der Waals surface area contributed by atoms with Crippen LogP contribution in [0, 0.1) is 5.92 Å². The van der Waals surface area contributed by atoms with Crippen LogP contribution in [0.4, 0.5) is 0 Å². The van der Waals surface area contributed by atoms with Gasteiger partial charge in [0.05, 0.1) is 6.10 Å². The minimum absolute atomic E-state index is 0.473. The van der Waals surface area contributed by atoms with Crippen LogP contribution in [-0.2, 0) is 4.74 Å². The number of nitrogens with two attached hydrogens (primary N) is 1. The minimum atomic E-state index is 0.473. The van der Waals surface area contributed by atoms with Crippen molar-refractivity contribution in [2.75, 3.05) is 26.7 Å². The first kappa shape index (κ1) is 10.4. The fraction of sp³-hybridized carbons (Fsp3) is 1.00. The first-order valence-electron chi connectivity index (χ1n) is 5.78. The Morgan fingerprint density at radius 1 is 1.36 bits per heavy atom. The zero-order valence-electron chi connectivity index (χ0n) is 9.11. The van der Waals surface area contributed by atoms with E-state index in [1.54, 1.807) is 0 Å². The number of rotatable bonds is 3. The normalized spacial score (nSPS) is 39.4. The summed E-state index contributed by atoms with van der Waals surface area (Å²) in [6, 6.07) is 0.473. The Hall–Kier alpha value is -0.120. The molecule has 82 valence electrons. The number of ether oxygens (including phenoxy) is 1. The summed E-state index contributed by atoms with van der Waals surface area (Å²) in [6.07, 6.45) is 5.47. The Morgan fingerprint density at radius 3 is 2.79 bits per heavy atom. The van der Waals surface area contributed by atoms with Gasteiger partial charge in [-0.05, 0) is 31.6 Å². The number of hydrogen-bond acceptors (Lipinski definition) is 3. The van der Waals surface area contributed by atoms with Crippen molar-refractivity contribution in [1.29, 1.82) is 0 Å². The summed E-state index contributed by atoms with van der Waals surface area (Å²) >= 11 is 0. The van der Waals surface area contributed by atoms with Crippen molar-refractivity contribution in [1.82, 2.24) is 4.90 Å². The molecule has 0 aromatic carbocycles. The Morgan fingerprint density at radius 2 is 2.21 bits per heavy atom. The van der Waals surface area contributed by atoms with Crippen LogP contribution in [0.5, 0.6) is 0 Å². The zero-order valence-corrected chi connectivity index (χ0v) is 9.11. The van der Waals surface area contributed by atoms with Gasteiger partial charge in [0.1, 0.15) is 0 Å². The maximum absolute atomic E-state index is 5.91. The van der Waals surface area contributed by atoms with Gasteiger partial charge in [-0.15, -0.1) is 0 Å². The summed E-state index contributed by atoms with van der Waals surface area (Å²) in [7, 11) is 1.82. The monoisotopic (exact) mass is 198 g/mol. The maximum Gasteiger partial charge on any atom is 0.0710 e. The van der Waals surface area contributed by atoms with Crippen molar-refractivity contribution in [3.8, 4) is 0 Å². The molecule has 2 aliphatic rings. The molecule has 1 aliphatic heterocycles. The highest BCUT2D eigenvalue weighted by atomic mass is 16.5. The summed E-state index contributed by atoms with van der Waals surface area (Å²) in [4.78, 5) is 2.54. The molecule has 0 bridgehead atoms. The first-order chi connectivity index (χ1) is 6.78. The quantitative estimate of drug-likeness (QED) is 0.730. The summed E-state index contributed by atoms with van der Waals surface area (Å²) in [6.45, 7) is 3.58. The fourth-order valence-electron chi connectivity index (χ4n) is 2.80. The van der Waals surface area contributed by atoms with E-state index in [2.05, 4.69) is 4.90 Å². The molecular weight excluding hydrogens is 176 g/mol. The van der Waals surface area contributed by atoms with Gasteiger partial charge in [-0.1, -0.05) is 0 Å². The number of likely N-dealkylation sites (tertiary alicyclic amines) is 1. The van der Waals surface area contributed by atoms with Gasteiger partial charge in [-0.3, -0.25) is 0 Å². The van der Waals surface area contributed by atoms with Crippen molar-refractivity contribution in [3.05, 3.63) is 0 Å². The second-order valence-electron chi connectivity index (χ2n) is 4.85. The summed E-state index contributed by atoms with van der Waals surface area (Å²) in [5.74, 6) is 0.848. The molecule has 1 heterocycles. The summed E-state index contributed by atoms with van der Waals surface area (Å²) < 4.78 is 5.36. The Balaban J connectivity index is 1.71. The third-order valence-corrected chi connectivity index (χ3v) is 3.66. The van der Waals surface area contributed by atoms with E-state index in [1.165, 1.54) is 38.8 Å². The lowest BCUT2D eigenvalue weighted by Crippen LogP contribution is -2.28. The smallest absolute Gasteiger partial charge is 0.0710 e. The molecule has 2 rings (SSSR count). The highest BCUT2D eigenvalue weighted by Gasteiger charge is 2.27. The fourth-order valence-corrected chi connectivity index (χ4v) is 2.80. The Bertz CT molecular complexity index is 186. The SMILES string of the molecule is CO[C@H]1CCN(CC2CCC(N)C2)C1. The van der Waals surface area contributed by atoms with E-state index in [0.717, 1.165) is 12.5 Å². The molecule has 1 saturated heterocycles. The van der Waals surface area contributed by atoms with Gasteiger partial charge in [0.2, 0.25) is 0 Å². The van der Waals surface area contributed by atoms with E-state index in [9.17, 15) is 0 Å². The summed E-state index contributed by atoms with van der Waals surface area (Å²) in [5.41, 5.74) is 5.91. The first-order valence-corrected chi connectivity index (χ1v) is 5.78. The highest BCUT2D eigenvalue weighted by Crippen LogP contribution is 2.26. The zero-order chi connectivity index (χ0) is 9.97. The van der Waals surface area contributed by atoms with Crippen LogP contribution in [-0.4, -0.2) is 43.8 Å². The van der Waals surface area contributed by atoms with E-state index in [0.29, 0.717) is 12.1 Å². The summed E-state index contributed by atoms with van der Waals surface area (Å²) in [5, 5.41) is 0. The highest BCUT2D eigenvalue weighted by molar-refractivity contribution is 4.83. The number of hydrogen-bond donors (Lipinski definition) is 1. The van der Waals surface area contributed by atoms with Gasteiger partial charge in [0.25, 0.3) is 0 Å². The molecule has 2 unspecified atom stereocenters. The maximum atomic E-state index is 5.91. The topological polar surface area (TPSA) is 38.5 Å². The lowest BCUT2D eigenvalue weighted by Gasteiger charge is -2.19. The predicted octanol–water partition coefficient (Wildman–Crippen LogP) is 0.834. The van der Waals surface area contributed by atoms with E-state index in [4.69, 9.17) is 10.5 Å². The lowest BCUT2D eigenvalue weighted by molar-refractivity contribution is 0.106. The Kier molecular flexibility index (Phi) is 3.42. The molecule has 0 amide bonds. The van der Waals surface area contributed by atoms with E-state index in [1.807, 2.05) is 7.11 Å². The molecular formula is C11H22N2O. The average Bonchev–Trinajstić information content (AvgIpc) is 2.76. The van der Waals surface area contributed by atoms with E-state index < -0.39 is 0 Å². The largest absolute Gasteiger partial charge is 0.380 e. The third kappa shape index (κ3) is 2.47. The van der Waals surface area contributed by atoms with Gasteiger partial charge in [-0.2, -0.15) is 0 Å². The van der Waals surface area contributed by atoms with Crippen LogP contribution in [0.1, 0.15) is 25.7 Å². The van der Waals surface area contributed by atoms with Crippen molar-refractivity contribution < 1.29 is 4.74 Å². The van der Waals surface area contributed by atoms with Crippen LogP contribution >= 0.6 is 0 Å². The molecule has 1 saturated carbocycles. The molecule has 3 nitrogen and oxygen atoms in total. The van der Waals surface area contributed by atoms with Gasteiger partial charge < -0.3 is 15.4 Å². The van der Waals surface area contributed by atoms with E-state index >= 15 is 0 Å². The second kappa shape index (κ2) is 4.60. The van der Waals surface area contributed by atoms with E-state index in [-0.39, 0.29) is 0 Å². The molecule has 14 heavy (non-hydrogen) atoms. The lowest BCUT2D eigenvalue weighted by atomic mass is 10.1. The van der Waals surface area contributed by atoms with Crippen LogP contribution in [0.25, 0.3) is 0 Å². The van der Waals surface area contributed by atoms with Gasteiger partial charge in [0, 0.05) is 32.8 Å². The predicted molar refractivity (Wildman–Crippen MR) is 57.2 cm³/mol. The minimum Gasteiger partial charge on any atom is -0.380 e. The second-order valence-corrected chi connectivity index (χ2v) is 4.85. The van der Waals surface area contributed by atoms with Gasteiger partial charge >= 0.3 is 0 Å². The molecule has 3 atom stereocenters. The standard InChI is InChI=1S/C11H22N2O/c1-14-11-4-5-13(8-11)7-9-2-3-10(12)6-9/h9-11H,2-8,12H2,1H3/t9?,10?,11-/m0/s1. The molecule has 2 N–H and O–H groups in total. The molecule has 0 radical (unpaired) electrons. The van der Waals surface area contributed by atoms with Crippen molar-refractivity contribution in [2.45, 2.75) is 37.8 Å². The molecule has 0 spiro atoms. The molecule has 2 fully saturated rings. The Labute approximate surface area is 86.6 Å². The van der Waals surface area contributed by atoms with Crippen LogP contribution in [0.3, 0.4) is 0 Å². The van der Waals surface area contributed by atoms with Gasteiger partial charge in [0.15, 0.2) is 0 Å². The van der Waals surface area contributed by atoms with Crippen molar-refractivity contribution >= 4 is 0 Å². The van der Waals surface area contributed by atoms with Gasteiger partial charge in [-0.25, -0.2) is 0 Å². The number of nitrogens with zero attached hydrogens (tertiary/aromatic N) is 1. The van der Waals surface area contributed by atoms with Crippen LogP contribution in [0.2, 0.25) is 0 Å². The third-order valence-electron chi connectivity index (χ3n) is 3.66. The number of methoxy groups -OCH3 is 1. The van der Waals surface area contributed by atoms with Crippen molar-refractivity contribution in [2.24, 2.45) is 11.7 Å².